The van der Waals surface area contributed by atoms with Crippen LogP contribution in [0.2, 0.25) is 0 Å². The quantitative estimate of drug-likeness (QED) is 0.808. The standard InChI is InChI=1S/C17H20N2O5/c1-10-8-13(23-9-17(21)22)4-6-15(10)18-16(20)7-5-14-11(2)19-24-12(14)3/h4,6,8H,5,7,9H2,1-3H3,(H,18,20)(H,21,22). The van der Waals surface area contributed by atoms with E-state index in [1.165, 1.54) is 0 Å². The molecule has 7 nitrogen and oxygen atoms in total. The third kappa shape index (κ3) is 4.58. The first-order chi connectivity index (χ1) is 11.4. The predicted molar refractivity (Wildman–Crippen MR) is 87.2 cm³/mol. The lowest BCUT2D eigenvalue weighted by molar-refractivity contribution is -0.139. The lowest BCUT2D eigenvalue weighted by atomic mass is 10.1. The van der Waals surface area contributed by atoms with E-state index in [4.69, 9.17) is 14.4 Å². The van der Waals surface area contributed by atoms with Crippen LogP contribution in [0.4, 0.5) is 5.69 Å². The minimum Gasteiger partial charge on any atom is -0.482 e. The van der Waals surface area contributed by atoms with E-state index in [1.54, 1.807) is 18.2 Å². The van der Waals surface area contributed by atoms with Crippen molar-refractivity contribution in [1.82, 2.24) is 5.16 Å². The van der Waals surface area contributed by atoms with Crippen LogP contribution in [0, 0.1) is 20.8 Å². The molecule has 0 radical (unpaired) electrons. The van der Waals surface area contributed by atoms with Crippen LogP contribution in [-0.4, -0.2) is 28.7 Å². The van der Waals surface area contributed by atoms with Crippen LogP contribution in [-0.2, 0) is 16.0 Å². The Morgan fingerprint density at radius 1 is 1.29 bits per heavy atom. The zero-order valence-electron chi connectivity index (χ0n) is 13.9. The van der Waals surface area contributed by atoms with Crippen LogP contribution >= 0.6 is 0 Å². The number of aryl methyl sites for hydroxylation is 3. The fourth-order valence-corrected chi connectivity index (χ4v) is 2.32. The number of anilines is 1. The zero-order valence-corrected chi connectivity index (χ0v) is 13.9. The molecule has 0 aliphatic heterocycles. The molecule has 0 spiro atoms. The molecule has 24 heavy (non-hydrogen) atoms. The number of amides is 1. The molecule has 1 aromatic heterocycles. The van der Waals surface area contributed by atoms with Crippen molar-refractivity contribution in [3.63, 3.8) is 0 Å². The van der Waals surface area contributed by atoms with Crippen LogP contribution < -0.4 is 10.1 Å². The first-order valence-corrected chi connectivity index (χ1v) is 7.53. The number of hydrogen-bond acceptors (Lipinski definition) is 5. The second-order valence-corrected chi connectivity index (χ2v) is 5.51. The number of carboxylic acids is 1. The van der Waals surface area contributed by atoms with Crippen molar-refractivity contribution in [2.45, 2.75) is 33.6 Å². The van der Waals surface area contributed by atoms with Gasteiger partial charge in [0.25, 0.3) is 0 Å². The van der Waals surface area contributed by atoms with Gasteiger partial charge in [-0.3, -0.25) is 4.79 Å². The molecule has 7 heteroatoms. The molecule has 128 valence electrons. The van der Waals surface area contributed by atoms with Crippen molar-refractivity contribution in [2.75, 3.05) is 11.9 Å². The Labute approximate surface area is 139 Å². The van der Waals surface area contributed by atoms with Crippen LogP contribution in [0.25, 0.3) is 0 Å². The fraction of sp³-hybridized carbons (Fsp3) is 0.353. The molecule has 2 rings (SSSR count). The molecule has 2 aromatic rings. The van der Waals surface area contributed by atoms with Gasteiger partial charge in [-0.1, -0.05) is 5.16 Å². The Hall–Kier alpha value is -2.83. The van der Waals surface area contributed by atoms with Crippen molar-refractivity contribution in [3.05, 3.63) is 40.8 Å². The van der Waals surface area contributed by atoms with Crippen LogP contribution in [0.5, 0.6) is 5.75 Å². The van der Waals surface area contributed by atoms with Gasteiger partial charge in [-0.2, -0.15) is 0 Å². The number of carboxylic acid groups (broad SMARTS) is 1. The Bertz CT molecular complexity index is 732. The van der Waals surface area contributed by atoms with E-state index in [9.17, 15) is 9.59 Å². The number of carbonyl (C=O) groups is 2. The smallest absolute Gasteiger partial charge is 0.341 e. The SMILES string of the molecule is Cc1cc(OCC(=O)O)ccc1NC(=O)CCc1c(C)noc1C. The van der Waals surface area contributed by atoms with Gasteiger partial charge in [0, 0.05) is 17.7 Å². The summed E-state index contributed by atoms with van der Waals surface area (Å²) in [6.45, 7) is 5.09. The Balaban J connectivity index is 1.93. The average molecular weight is 332 g/mol. The Morgan fingerprint density at radius 2 is 2.04 bits per heavy atom. The van der Waals surface area contributed by atoms with Gasteiger partial charge in [0.1, 0.15) is 11.5 Å². The van der Waals surface area contributed by atoms with Crippen molar-refractivity contribution in [2.24, 2.45) is 0 Å². The van der Waals surface area contributed by atoms with Gasteiger partial charge >= 0.3 is 5.97 Å². The van der Waals surface area contributed by atoms with Gasteiger partial charge in [-0.15, -0.1) is 0 Å². The highest BCUT2D eigenvalue weighted by Crippen LogP contribution is 2.22. The van der Waals surface area contributed by atoms with E-state index in [1.807, 2.05) is 20.8 Å². The maximum atomic E-state index is 12.1. The molecule has 0 saturated carbocycles. The molecule has 0 aliphatic carbocycles. The second-order valence-electron chi connectivity index (χ2n) is 5.51. The highest BCUT2D eigenvalue weighted by Gasteiger charge is 2.12. The lowest BCUT2D eigenvalue weighted by Gasteiger charge is -2.10. The number of ether oxygens (including phenoxy) is 1. The first-order valence-electron chi connectivity index (χ1n) is 7.53. The number of rotatable bonds is 7. The number of hydrogen-bond donors (Lipinski definition) is 2. The van der Waals surface area contributed by atoms with Gasteiger partial charge in [-0.25, -0.2) is 4.79 Å². The van der Waals surface area contributed by atoms with E-state index >= 15 is 0 Å². The molecule has 1 amide bonds. The van der Waals surface area contributed by atoms with Gasteiger partial charge < -0.3 is 19.7 Å². The summed E-state index contributed by atoms with van der Waals surface area (Å²) in [4.78, 5) is 22.6. The van der Waals surface area contributed by atoms with Gasteiger partial charge in [-0.05, 0) is 51.0 Å². The minimum atomic E-state index is -1.04. The van der Waals surface area contributed by atoms with Crippen LogP contribution in [0.15, 0.2) is 22.7 Å². The van der Waals surface area contributed by atoms with Crippen molar-refractivity contribution < 1.29 is 24.0 Å². The van der Waals surface area contributed by atoms with E-state index in [0.717, 1.165) is 22.6 Å². The largest absolute Gasteiger partial charge is 0.482 e. The third-order valence-corrected chi connectivity index (χ3v) is 3.62. The molecule has 2 N–H and O–H groups in total. The molecule has 0 saturated heterocycles. The summed E-state index contributed by atoms with van der Waals surface area (Å²) < 4.78 is 10.2. The lowest BCUT2D eigenvalue weighted by Crippen LogP contribution is -2.14. The van der Waals surface area contributed by atoms with Gasteiger partial charge in [0.15, 0.2) is 6.61 Å². The molecule has 0 fully saturated rings. The summed E-state index contributed by atoms with van der Waals surface area (Å²) in [5.74, 6) is 0.0293. The monoisotopic (exact) mass is 332 g/mol. The van der Waals surface area contributed by atoms with E-state index in [0.29, 0.717) is 24.3 Å². The number of benzene rings is 1. The summed E-state index contributed by atoms with van der Waals surface area (Å²) >= 11 is 0. The molecular weight excluding hydrogens is 312 g/mol. The molecule has 1 aromatic carbocycles. The minimum absolute atomic E-state index is 0.114. The van der Waals surface area contributed by atoms with E-state index in [2.05, 4.69) is 10.5 Å². The fourth-order valence-electron chi connectivity index (χ4n) is 2.32. The zero-order chi connectivity index (χ0) is 17.7. The van der Waals surface area contributed by atoms with Crippen molar-refractivity contribution >= 4 is 17.6 Å². The summed E-state index contributed by atoms with van der Waals surface area (Å²) in [5, 5.41) is 15.3. The summed E-state index contributed by atoms with van der Waals surface area (Å²) in [6.07, 6.45) is 0.880. The van der Waals surface area contributed by atoms with E-state index in [-0.39, 0.29) is 5.91 Å². The Kier molecular flexibility index (Phi) is 5.57. The first kappa shape index (κ1) is 17.5. The van der Waals surface area contributed by atoms with Gasteiger partial charge in [0.05, 0.1) is 5.69 Å². The summed E-state index contributed by atoms with van der Waals surface area (Å²) in [6, 6.07) is 5.01. The summed E-state index contributed by atoms with van der Waals surface area (Å²) in [7, 11) is 0. The molecule has 0 bridgehead atoms. The number of nitrogens with one attached hydrogen (secondary N) is 1. The molecular formula is C17H20N2O5. The molecule has 0 atom stereocenters. The maximum Gasteiger partial charge on any atom is 0.341 e. The average Bonchev–Trinajstić information content (AvgIpc) is 2.84. The summed E-state index contributed by atoms with van der Waals surface area (Å²) in [5.41, 5.74) is 3.22. The molecule has 0 unspecified atom stereocenters. The van der Waals surface area contributed by atoms with Gasteiger partial charge in [0.2, 0.25) is 5.91 Å². The van der Waals surface area contributed by atoms with Crippen molar-refractivity contribution in [3.8, 4) is 5.75 Å². The molecule has 0 aliphatic rings. The third-order valence-electron chi connectivity index (χ3n) is 3.62. The number of nitrogens with zero attached hydrogens (tertiary/aromatic N) is 1. The number of aliphatic carboxylic acids is 1. The maximum absolute atomic E-state index is 12.1. The van der Waals surface area contributed by atoms with Crippen LogP contribution in [0.3, 0.4) is 0 Å². The highest BCUT2D eigenvalue weighted by molar-refractivity contribution is 5.91. The highest BCUT2D eigenvalue weighted by atomic mass is 16.5. The number of aromatic nitrogens is 1. The van der Waals surface area contributed by atoms with Crippen LogP contribution in [0.1, 0.15) is 29.0 Å². The van der Waals surface area contributed by atoms with E-state index < -0.39 is 12.6 Å². The topological polar surface area (TPSA) is 102 Å². The second kappa shape index (κ2) is 7.63. The molecule has 1 heterocycles. The van der Waals surface area contributed by atoms with Crippen molar-refractivity contribution in [1.29, 1.82) is 0 Å². The normalized spacial score (nSPS) is 10.5. The number of carbonyl (C=O) groups excluding carboxylic acids is 1. The Morgan fingerprint density at radius 3 is 2.62 bits per heavy atom. The predicted octanol–water partition coefficient (Wildman–Crippen LogP) is 2.63.